The van der Waals surface area contributed by atoms with Gasteiger partial charge in [-0.3, -0.25) is 24.1 Å². The number of aliphatic carboxylic acids is 1. The molecule has 2 amide bonds. The van der Waals surface area contributed by atoms with Crippen molar-refractivity contribution in [3.63, 3.8) is 0 Å². The number of benzene rings is 2. The summed E-state index contributed by atoms with van der Waals surface area (Å²) in [5, 5.41) is 12.3. The number of imide groups is 1. The summed E-state index contributed by atoms with van der Waals surface area (Å²) in [6.45, 7) is 9.96. The Bertz CT molecular complexity index is 1690. The first kappa shape index (κ1) is 32.2. The standard InChI is InChI=1S/C33H38N2O11Si/c1-33(2,3)47(6,7)46-30-23(41-4)8-16(9-24(30)42-5)27-17-10-21-22(45-15-44-21)11-18(17)29(19-14-43-32(40)28(19)27)34-20-12-25(36)35(31(20)39)13-26(37)38/h8-12,19,27-29,34H,13-15H2,1-7H3,(H,37,38)/t19-,27+,28-,29+/m0/s1. The Hall–Kier alpha value is -4.72. The highest BCUT2D eigenvalue weighted by atomic mass is 28.4. The van der Waals surface area contributed by atoms with Crippen molar-refractivity contribution in [3.05, 3.63) is 52.7 Å². The minimum absolute atomic E-state index is 0.0132. The number of methoxy groups -OCH3 is 2. The summed E-state index contributed by atoms with van der Waals surface area (Å²) in [5.41, 5.74) is 2.06. The number of carbonyl (C=O) groups is 4. The average molecular weight is 667 g/mol. The summed E-state index contributed by atoms with van der Waals surface area (Å²) in [6, 6.07) is 6.66. The number of amides is 2. The third-order valence-corrected chi connectivity index (χ3v) is 14.1. The maximum Gasteiger partial charge on any atom is 0.323 e. The van der Waals surface area contributed by atoms with Crippen LogP contribution in [0.15, 0.2) is 36.0 Å². The molecular weight excluding hydrogens is 628 g/mol. The van der Waals surface area contributed by atoms with Crippen molar-refractivity contribution >= 4 is 32.1 Å². The Labute approximate surface area is 272 Å². The van der Waals surface area contributed by atoms with Gasteiger partial charge in [-0.1, -0.05) is 20.8 Å². The van der Waals surface area contributed by atoms with E-state index >= 15 is 0 Å². The van der Waals surface area contributed by atoms with E-state index in [4.69, 9.17) is 28.1 Å². The number of rotatable bonds is 9. The van der Waals surface area contributed by atoms with Crippen LogP contribution in [0.25, 0.3) is 0 Å². The van der Waals surface area contributed by atoms with Crippen molar-refractivity contribution in [1.82, 2.24) is 10.2 Å². The fourth-order valence-corrected chi connectivity index (χ4v) is 7.42. The lowest BCUT2D eigenvalue weighted by molar-refractivity contribution is -0.147. The Morgan fingerprint density at radius 1 is 1.00 bits per heavy atom. The Morgan fingerprint density at radius 2 is 1.62 bits per heavy atom. The molecule has 47 heavy (non-hydrogen) atoms. The lowest BCUT2D eigenvalue weighted by atomic mass is 9.65. The van der Waals surface area contributed by atoms with E-state index in [0.717, 1.165) is 6.08 Å². The molecule has 0 aromatic heterocycles. The molecular formula is C33H38N2O11Si. The van der Waals surface area contributed by atoms with Gasteiger partial charge in [0, 0.05) is 17.9 Å². The highest BCUT2D eigenvalue weighted by molar-refractivity contribution is 6.74. The molecule has 2 aromatic carbocycles. The van der Waals surface area contributed by atoms with Crippen LogP contribution < -0.4 is 28.7 Å². The van der Waals surface area contributed by atoms with Crippen molar-refractivity contribution in [1.29, 1.82) is 0 Å². The SMILES string of the molecule is COc1cc([C@@H]2c3cc4c(cc3[C@@H](NC3=CC(=O)N(CC(=O)O)C3=O)[C@H]3COC(=O)[C@H]23)OCO4)cc(OC)c1O[Si](C)(C)C(C)(C)C. The Morgan fingerprint density at radius 3 is 2.19 bits per heavy atom. The van der Waals surface area contributed by atoms with Gasteiger partial charge < -0.3 is 38.5 Å². The Balaban J connectivity index is 1.48. The molecule has 250 valence electrons. The largest absolute Gasteiger partial charge is 0.539 e. The average Bonchev–Trinajstić information content (AvgIpc) is 3.69. The second-order valence-electron chi connectivity index (χ2n) is 13.6. The van der Waals surface area contributed by atoms with Gasteiger partial charge in [0.2, 0.25) is 6.79 Å². The summed E-state index contributed by atoms with van der Waals surface area (Å²) < 4.78 is 35.5. The van der Waals surface area contributed by atoms with Gasteiger partial charge in [-0.15, -0.1) is 0 Å². The quantitative estimate of drug-likeness (QED) is 0.227. The third kappa shape index (κ3) is 5.43. The lowest BCUT2D eigenvalue weighted by Crippen LogP contribution is -2.44. The number of hydrogen-bond donors (Lipinski definition) is 2. The van der Waals surface area contributed by atoms with Gasteiger partial charge in [0.25, 0.3) is 20.1 Å². The summed E-state index contributed by atoms with van der Waals surface area (Å²) in [4.78, 5) is 51.2. The number of nitrogens with zero attached hydrogens (tertiary/aromatic N) is 1. The van der Waals surface area contributed by atoms with Crippen molar-refractivity contribution < 1.29 is 52.4 Å². The summed E-state index contributed by atoms with van der Waals surface area (Å²) in [5.74, 6) is -2.64. The number of cyclic esters (lactones) is 1. The molecule has 1 aliphatic carbocycles. The van der Waals surface area contributed by atoms with Crippen LogP contribution in [0.5, 0.6) is 28.7 Å². The topological polar surface area (TPSA) is 159 Å². The third-order valence-electron chi connectivity index (χ3n) is 9.81. The van der Waals surface area contributed by atoms with Crippen molar-refractivity contribution in [3.8, 4) is 28.7 Å². The summed E-state index contributed by atoms with van der Waals surface area (Å²) in [7, 11) is 0.790. The predicted octanol–water partition coefficient (Wildman–Crippen LogP) is 3.72. The van der Waals surface area contributed by atoms with E-state index in [1.165, 1.54) is 0 Å². The number of nitrogens with one attached hydrogen (secondary N) is 1. The number of carboxylic acid groups (broad SMARTS) is 1. The molecule has 3 heterocycles. The molecule has 6 rings (SSSR count). The molecule has 0 radical (unpaired) electrons. The molecule has 0 bridgehead atoms. The van der Waals surface area contributed by atoms with Crippen LogP contribution in [-0.2, 0) is 23.9 Å². The second kappa shape index (κ2) is 11.5. The highest BCUT2D eigenvalue weighted by Crippen LogP contribution is 2.56. The van der Waals surface area contributed by atoms with Crippen LogP contribution in [0.3, 0.4) is 0 Å². The van der Waals surface area contributed by atoms with Crippen LogP contribution in [0.4, 0.5) is 0 Å². The maximum atomic E-state index is 13.6. The van der Waals surface area contributed by atoms with Gasteiger partial charge in [-0.25, -0.2) is 0 Å². The number of ether oxygens (including phenoxy) is 5. The van der Waals surface area contributed by atoms with Gasteiger partial charge >= 0.3 is 11.9 Å². The zero-order valence-corrected chi connectivity index (χ0v) is 28.3. The van der Waals surface area contributed by atoms with Gasteiger partial charge in [0.1, 0.15) is 12.2 Å². The van der Waals surface area contributed by atoms with E-state index in [1.54, 1.807) is 14.2 Å². The molecule has 1 saturated heterocycles. The maximum absolute atomic E-state index is 13.6. The lowest BCUT2D eigenvalue weighted by Gasteiger charge is -2.40. The number of fused-ring (bicyclic) bond motifs is 3. The van der Waals surface area contributed by atoms with Crippen LogP contribution >= 0.6 is 0 Å². The van der Waals surface area contributed by atoms with Crippen LogP contribution in [-0.4, -0.2) is 76.2 Å². The molecule has 0 saturated carbocycles. The van der Waals surface area contributed by atoms with E-state index < -0.39 is 62.4 Å². The van der Waals surface area contributed by atoms with Crippen LogP contribution in [0.2, 0.25) is 18.1 Å². The molecule has 2 aromatic rings. The zero-order chi connectivity index (χ0) is 34.0. The van der Waals surface area contributed by atoms with Crippen LogP contribution in [0.1, 0.15) is 49.4 Å². The van der Waals surface area contributed by atoms with Gasteiger partial charge in [-0.2, -0.15) is 0 Å². The van der Waals surface area contributed by atoms with Gasteiger partial charge in [0.15, 0.2) is 28.7 Å². The van der Waals surface area contributed by atoms with Crippen molar-refractivity contribution in [2.45, 2.75) is 50.9 Å². The minimum atomic E-state index is -2.32. The van der Waals surface area contributed by atoms with Gasteiger partial charge in [-0.05, 0) is 59.1 Å². The highest BCUT2D eigenvalue weighted by Gasteiger charge is 2.53. The first-order valence-corrected chi connectivity index (χ1v) is 18.2. The van der Waals surface area contributed by atoms with Crippen molar-refractivity contribution in [2.24, 2.45) is 11.8 Å². The molecule has 1 fully saturated rings. The molecule has 4 aliphatic rings. The molecule has 14 heteroatoms. The molecule has 4 atom stereocenters. The first-order chi connectivity index (χ1) is 22.1. The van der Waals surface area contributed by atoms with Crippen molar-refractivity contribution in [2.75, 3.05) is 34.2 Å². The zero-order valence-electron chi connectivity index (χ0n) is 27.3. The number of esters is 1. The molecule has 3 aliphatic heterocycles. The fraction of sp³-hybridized carbons (Fsp3) is 0.455. The number of carbonyl (C=O) groups excluding carboxylic acids is 3. The van der Waals surface area contributed by atoms with Gasteiger partial charge in [0.05, 0.1) is 32.8 Å². The Kier molecular flexibility index (Phi) is 7.89. The minimum Gasteiger partial charge on any atom is -0.539 e. The summed E-state index contributed by atoms with van der Waals surface area (Å²) in [6.07, 6.45) is 1.08. The second-order valence-corrected chi connectivity index (χ2v) is 18.3. The molecule has 0 spiro atoms. The molecule has 13 nitrogen and oxygen atoms in total. The number of hydrogen-bond acceptors (Lipinski definition) is 11. The summed E-state index contributed by atoms with van der Waals surface area (Å²) >= 11 is 0. The van der Waals surface area contributed by atoms with E-state index in [9.17, 15) is 24.3 Å². The normalized spacial score (nSPS) is 23.2. The smallest absolute Gasteiger partial charge is 0.323 e. The van der Waals surface area contributed by atoms with Crippen LogP contribution in [0, 0.1) is 11.8 Å². The van der Waals surface area contributed by atoms with E-state index in [1.807, 2.05) is 24.3 Å². The van der Waals surface area contributed by atoms with E-state index in [2.05, 4.69) is 39.2 Å². The predicted molar refractivity (Wildman–Crippen MR) is 168 cm³/mol. The molecule has 2 N–H and O–H groups in total. The van der Waals surface area contributed by atoms with E-state index in [0.29, 0.717) is 50.3 Å². The first-order valence-electron chi connectivity index (χ1n) is 15.3. The monoisotopic (exact) mass is 666 g/mol. The fourth-order valence-electron chi connectivity index (χ4n) is 6.40. The van der Waals surface area contributed by atoms with E-state index in [-0.39, 0.29) is 24.1 Å². The molecule has 0 unspecified atom stereocenters. The number of carboxylic acids is 1.